The second-order valence-electron chi connectivity index (χ2n) is 4.02. The van der Waals surface area contributed by atoms with Gasteiger partial charge in [0, 0.05) is 13.6 Å². The number of carbonyl (C=O) groups excluding carboxylic acids is 1. The molecule has 0 bridgehead atoms. The molecule has 0 aliphatic heterocycles. The van der Waals surface area contributed by atoms with Crippen molar-refractivity contribution in [3.05, 3.63) is 0 Å². The Hall–Kier alpha value is -0.610. The number of amides is 1. The lowest BCUT2D eigenvalue weighted by Crippen LogP contribution is -2.46. The van der Waals surface area contributed by atoms with Gasteiger partial charge in [-0.1, -0.05) is 6.92 Å². The Labute approximate surface area is 79.7 Å². The van der Waals surface area contributed by atoms with E-state index >= 15 is 0 Å². The molecule has 0 aromatic heterocycles. The molecular weight excluding hydrogens is 168 g/mol. The fourth-order valence-electron chi connectivity index (χ4n) is 1.12. The molecule has 0 aliphatic carbocycles. The standard InChI is InChI=1S/C9H20N2O2/c1-5-7(10)8(12)11(4)6-9(2,3)13/h7,13H,5-6,10H2,1-4H3/t7-/m0/s1. The van der Waals surface area contributed by atoms with Crippen molar-refractivity contribution in [2.24, 2.45) is 5.73 Å². The molecule has 78 valence electrons. The highest BCUT2D eigenvalue weighted by atomic mass is 16.3. The summed E-state index contributed by atoms with van der Waals surface area (Å²) in [4.78, 5) is 12.9. The molecule has 0 saturated heterocycles. The van der Waals surface area contributed by atoms with Crippen LogP contribution in [0, 0.1) is 0 Å². The maximum atomic E-state index is 11.4. The second-order valence-corrected chi connectivity index (χ2v) is 4.02. The van der Waals surface area contributed by atoms with Crippen LogP contribution in [0.15, 0.2) is 0 Å². The third-order valence-electron chi connectivity index (χ3n) is 1.76. The van der Waals surface area contributed by atoms with E-state index in [2.05, 4.69) is 0 Å². The van der Waals surface area contributed by atoms with Gasteiger partial charge in [0.25, 0.3) is 0 Å². The Morgan fingerprint density at radius 3 is 2.38 bits per heavy atom. The number of hydrogen-bond acceptors (Lipinski definition) is 3. The summed E-state index contributed by atoms with van der Waals surface area (Å²) >= 11 is 0. The van der Waals surface area contributed by atoms with Gasteiger partial charge in [-0.15, -0.1) is 0 Å². The van der Waals surface area contributed by atoms with Crippen molar-refractivity contribution < 1.29 is 9.90 Å². The number of rotatable bonds is 4. The molecule has 1 atom stereocenters. The maximum Gasteiger partial charge on any atom is 0.239 e. The molecule has 0 unspecified atom stereocenters. The van der Waals surface area contributed by atoms with Gasteiger partial charge in [-0.2, -0.15) is 0 Å². The number of aliphatic hydroxyl groups is 1. The van der Waals surface area contributed by atoms with Gasteiger partial charge in [0.05, 0.1) is 11.6 Å². The van der Waals surface area contributed by atoms with Crippen LogP contribution in [0.25, 0.3) is 0 Å². The topological polar surface area (TPSA) is 66.6 Å². The van der Waals surface area contributed by atoms with Crippen LogP contribution in [0.5, 0.6) is 0 Å². The molecule has 4 nitrogen and oxygen atoms in total. The first kappa shape index (κ1) is 12.4. The minimum Gasteiger partial charge on any atom is -0.389 e. The third kappa shape index (κ3) is 4.85. The van der Waals surface area contributed by atoms with Crippen molar-refractivity contribution in [3.8, 4) is 0 Å². The minimum absolute atomic E-state index is 0.121. The molecule has 0 aromatic rings. The van der Waals surface area contributed by atoms with E-state index in [1.165, 1.54) is 4.90 Å². The molecule has 13 heavy (non-hydrogen) atoms. The van der Waals surface area contributed by atoms with Gasteiger partial charge in [-0.05, 0) is 20.3 Å². The quantitative estimate of drug-likeness (QED) is 0.650. The predicted octanol–water partition coefficient (Wildman–Crippen LogP) is -0.0470. The van der Waals surface area contributed by atoms with Crippen molar-refractivity contribution >= 4 is 5.91 Å². The summed E-state index contributed by atoms with van der Waals surface area (Å²) in [6.07, 6.45) is 0.620. The van der Waals surface area contributed by atoms with Crippen molar-refractivity contribution in [1.82, 2.24) is 4.90 Å². The van der Waals surface area contributed by atoms with Crippen LogP contribution in [0.4, 0.5) is 0 Å². The zero-order valence-electron chi connectivity index (χ0n) is 8.87. The van der Waals surface area contributed by atoms with Gasteiger partial charge in [0.15, 0.2) is 0 Å². The summed E-state index contributed by atoms with van der Waals surface area (Å²) in [6, 6.07) is -0.452. The molecule has 0 rings (SSSR count). The Balaban J connectivity index is 4.12. The van der Waals surface area contributed by atoms with E-state index in [4.69, 9.17) is 5.73 Å². The molecule has 0 aliphatic rings. The highest BCUT2D eigenvalue weighted by Gasteiger charge is 2.22. The molecule has 0 radical (unpaired) electrons. The number of nitrogens with two attached hydrogens (primary N) is 1. The number of carbonyl (C=O) groups is 1. The zero-order chi connectivity index (χ0) is 10.6. The maximum absolute atomic E-state index is 11.4. The van der Waals surface area contributed by atoms with Crippen molar-refractivity contribution in [1.29, 1.82) is 0 Å². The summed E-state index contributed by atoms with van der Waals surface area (Å²) in [5.41, 5.74) is 4.70. The van der Waals surface area contributed by atoms with E-state index in [9.17, 15) is 9.90 Å². The SMILES string of the molecule is CC[C@H](N)C(=O)N(C)CC(C)(C)O. The van der Waals surface area contributed by atoms with Crippen LogP contribution in [-0.4, -0.2) is 41.1 Å². The van der Waals surface area contributed by atoms with Crippen LogP contribution in [0.3, 0.4) is 0 Å². The highest BCUT2D eigenvalue weighted by molar-refractivity contribution is 5.81. The lowest BCUT2D eigenvalue weighted by atomic mass is 10.1. The van der Waals surface area contributed by atoms with E-state index in [0.717, 1.165) is 0 Å². The van der Waals surface area contributed by atoms with E-state index in [1.807, 2.05) is 6.92 Å². The molecule has 4 heteroatoms. The Kier molecular flexibility index (Phi) is 4.36. The Bertz CT molecular complexity index is 175. The van der Waals surface area contributed by atoms with Gasteiger partial charge in [-0.3, -0.25) is 4.79 Å². The van der Waals surface area contributed by atoms with Gasteiger partial charge < -0.3 is 15.7 Å². The summed E-state index contributed by atoms with van der Waals surface area (Å²) in [6.45, 7) is 5.49. The smallest absolute Gasteiger partial charge is 0.239 e. The number of likely N-dealkylation sites (N-methyl/N-ethyl adjacent to an activating group) is 1. The number of nitrogens with zero attached hydrogens (tertiary/aromatic N) is 1. The van der Waals surface area contributed by atoms with E-state index < -0.39 is 11.6 Å². The molecule has 0 fully saturated rings. The monoisotopic (exact) mass is 188 g/mol. The zero-order valence-corrected chi connectivity index (χ0v) is 8.87. The first-order valence-electron chi connectivity index (χ1n) is 4.51. The first-order valence-corrected chi connectivity index (χ1v) is 4.51. The lowest BCUT2D eigenvalue weighted by Gasteiger charge is -2.27. The molecule has 0 saturated carbocycles. The Morgan fingerprint density at radius 2 is 2.08 bits per heavy atom. The van der Waals surface area contributed by atoms with Crippen molar-refractivity contribution in [2.75, 3.05) is 13.6 Å². The van der Waals surface area contributed by atoms with Crippen LogP contribution in [0.2, 0.25) is 0 Å². The van der Waals surface area contributed by atoms with Crippen LogP contribution in [-0.2, 0) is 4.79 Å². The minimum atomic E-state index is -0.863. The summed E-state index contributed by atoms with van der Waals surface area (Å²) in [7, 11) is 1.65. The predicted molar refractivity (Wildman–Crippen MR) is 52.2 cm³/mol. The first-order chi connectivity index (χ1) is 5.78. The van der Waals surface area contributed by atoms with Crippen LogP contribution in [0.1, 0.15) is 27.2 Å². The normalized spacial score (nSPS) is 14.0. The molecule has 1 amide bonds. The lowest BCUT2D eigenvalue weighted by molar-refractivity contribution is -0.134. The van der Waals surface area contributed by atoms with Crippen molar-refractivity contribution in [2.45, 2.75) is 38.8 Å². The fourth-order valence-corrected chi connectivity index (χ4v) is 1.12. The molecule has 3 N–H and O–H groups in total. The molecular formula is C9H20N2O2. The van der Waals surface area contributed by atoms with E-state index in [0.29, 0.717) is 13.0 Å². The van der Waals surface area contributed by atoms with Gasteiger partial charge in [-0.25, -0.2) is 0 Å². The van der Waals surface area contributed by atoms with Crippen LogP contribution < -0.4 is 5.73 Å². The number of hydrogen-bond donors (Lipinski definition) is 2. The van der Waals surface area contributed by atoms with Gasteiger partial charge >= 0.3 is 0 Å². The fraction of sp³-hybridized carbons (Fsp3) is 0.889. The Morgan fingerprint density at radius 1 is 1.62 bits per heavy atom. The summed E-state index contributed by atoms with van der Waals surface area (Å²) in [5, 5.41) is 9.46. The molecule has 0 aromatic carbocycles. The molecule has 0 spiro atoms. The van der Waals surface area contributed by atoms with Crippen molar-refractivity contribution in [3.63, 3.8) is 0 Å². The van der Waals surface area contributed by atoms with Gasteiger partial charge in [0.1, 0.15) is 0 Å². The average Bonchev–Trinajstić information content (AvgIpc) is 1.98. The summed E-state index contributed by atoms with van der Waals surface area (Å²) < 4.78 is 0. The highest BCUT2D eigenvalue weighted by Crippen LogP contribution is 2.04. The van der Waals surface area contributed by atoms with E-state index in [1.54, 1.807) is 20.9 Å². The van der Waals surface area contributed by atoms with E-state index in [-0.39, 0.29) is 5.91 Å². The molecule has 0 heterocycles. The average molecular weight is 188 g/mol. The largest absolute Gasteiger partial charge is 0.389 e. The van der Waals surface area contributed by atoms with Crippen LogP contribution >= 0.6 is 0 Å². The summed E-state index contributed by atoms with van der Waals surface area (Å²) in [5.74, 6) is -0.121. The third-order valence-corrected chi connectivity index (χ3v) is 1.76. The second kappa shape index (κ2) is 4.58. The van der Waals surface area contributed by atoms with Gasteiger partial charge in [0.2, 0.25) is 5.91 Å².